The van der Waals surface area contributed by atoms with Crippen LogP contribution in [0.25, 0.3) is 5.73 Å². The van der Waals surface area contributed by atoms with Gasteiger partial charge >= 0.3 is 30.2 Å². The van der Waals surface area contributed by atoms with Gasteiger partial charge in [-0.25, -0.2) is 5.57 Å². The summed E-state index contributed by atoms with van der Waals surface area (Å²) in [5, 5.41) is 0. The molecule has 0 aromatic carbocycles. The van der Waals surface area contributed by atoms with Crippen LogP contribution in [0.3, 0.4) is 0 Å². The molecule has 0 aliphatic heterocycles. The summed E-state index contributed by atoms with van der Waals surface area (Å²) in [4.78, 5) is 0. The van der Waals surface area contributed by atoms with E-state index in [1.165, 1.54) is 16.7 Å². The van der Waals surface area contributed by atoms with Gasteiger partial charge in [-0.15, -0.1) is 38.3 Å². The molecule has 142 valence electrons. The van der Waals surface area contributed by atoms with Crippen LogP contribution in [-0.2, 0) is 27.8 Å². The second-order valence-electron chi connectivity index (χ2n) is 5.51. The molecule has 0 aromatic heterocycles. The van der Waals surface area contributed by atoms with Crippen LogP contribution in [0.15, 0.2) is 16.7 Å². The van der Waals surface area contributed by atoms with E-state index in [-0.39, 0.29) is 39.7 Å². The number of rotatable bonds is 3. The third kappa shape index (κ3) is 21.3. The van der Waals surface area contributed by atoms with E-state index in [2.05, 4.69) is 53.4 Å². The maximum atomic E-state index is 6.78. The van der Waals surface area contributed by atoms with Crippen molar-refractivity contribution in [3.05, 3.63) is 43.4 Å². The molecule has 0 radical (unpaired) electrons. The first-order valence-electron chi connectivity index (χ1n) is 6.60. The molecule has 0 spiro atoms. The summed E-state index contributed by atoms with van der Waals surface area (Å²) in [7, 11) is -1.30. The molecule has 0 bridgehead atoms. The molecule has 0 heterocycles. The maximum absolute atomic E-state index is 6.78. The molecule has 1 N–H and O–H groups in total. The molecule has 1 atom stereocenters. The van der Waals surface area contributed by atoms with Gasteiger partial charge in [0, 0.05) is 6.61 Å². The van der Waals surface area contributed by atoms with E-state index in [1.807, 2.05) is 6.88 Å². The summed E-state index contributed by atoms with van der Waals surface area (Å²) in [6.45, 7) is 18.0. The number of nitrogens with one attached hydrogen (secondary N) is 1. The average molecular weight is 478 g/mol. The van der Waals surface area contributed by atoms with Crippen molar-refractivity contribution in [2.24, 2.45) is 5.92 Å². The Bertz CT molecular complexity index is 333. The molecule has 1 rings (SSSR count). The predicted molar refractivity (Wildman–Crippen MR) is 114 cm³/mol. The summed E-state index contributed by atoms with van der Waals surface area (Å²) in [6, 6.07) is 0. The van der Waals surface area contributed by atoms with E-state index in [0.29, 0.717) is 19.1 Å². The Kier molecular flexibility index (Phi) is 36.5. The molecule has 23 heavy (non-hydrogen) atoms. The standard InChI is InChI=1S/C9H13.C5H14NOSi.2CH3.2ClH.H2Si.Zr/c1-6-5-7(2)9(4)8(6)3;1-8(2,3)7-5-4-6;;;;;;/h6H,1-4H3;6H,4-5H2,1-3H3;2*1H3;2*1H;1H2;/q4*-1;;;;. The SMILES string of the molecule is CC1=[C-]C(C)C(C)=C1C.C[Si](C)(C)OCC[NH-].Cl.Cl.[CH3-].[CH3-].[SiH2]=[Zr]. The van der Waals surface area contributed by atoms with Gasteiger partial charge in [-0.05, 0) is 19.6 Å². The predicted octanol–water partition coefficient (Wildman–Crippen LogP) is 5.44. The number of allylic oxidation sites excluding steroid dienone is 4. The van der Waals surface area contributed by atoms with Gasteiger partial charge in [0.2, 0.25) is 0 Å². The van der Waals surface area contributed by atoms with Crippen LogP contribution < -0.4 is 0 Å². The van der Waals surface area contributed by atoms with Gasteiger partial charge in [0.25, 0.3) is 0 Å². The number of hydrogen-bond donors (Lipinski definition) is 0. The van der Waals surface area contributed by atoms with Crippen molar-refractivity contribution in [3.8, 4) is 0 Å². The zero-order chi connectivity index (χ0) is 15.6. The first kappa shape index (κ1) is 39.4. The fourth-order valence-corrected chi connectivity index (χ4v) is 2.23. The van der Waals surface area contributed by atoms with E-state index in [1.54, 1.807) is 23.3 Å². The molecule has 1 aliphatic rings. The van der Waals surface area contributed by atoms with Crippen LogP contribution >= 0.6 is 24.8 Å². The molecule has 1 unspecified atom stereocenters. The second kappa shape index (κ2) is 21.3. The van der Waals surface area contributed by atoms with Crippen LogP contribution in [0.2, 0.25) is 19.6 Å². The van der Waals surface area contributed by atoms with E-state index in [0.717, 1.165) is 0 Å². The van der Waals surface area contributed by atoms with Crippen LogP contribution in [0, 0.1) is 26.8 Å². The Morgan fingerprint density at radius 1 is 1.13 bits per heavy atom. The van der Waals surface area contributed by atoms with E-state index >= 15 is 0 Å². The fraction of sp³-hybridized carbons (Fsp3) is 0.625. The Balaban J connectivity index is -0.0000000492. The Hall–Kier alpha value is 1.30. The van der Waals surface area contributed by atoms with Crippen molar-refractivity contribution in [1.82, 2.24) is 0 Å². The summed E-state index contributed by atoms with van der Waals surface area (Å²) < 4.78 is 5.33. The summed E-state index contributed by atoms with van der Waals surface area (Å²) in [5.41, 5.74) is 11.0. The van der Waals surface area contributed by atoms with Crippen molar-refractivity contribution < 1.29 is 27.8 Å². The Labute approximate surface area is 176 Å². The van der Waals surface area contributed by atoms with Gasteiger partial charge < -0.3 is 25.0 Å². The molecule has 7 heteroatoms. The Morgan fingerprint density at radius 2 is 1.52 bits per heavy atom. The van der Waals surface area contributed by atoms with Crippen molar-refractivity contribution in [2.45, 2.75) is 47.3 Å². The summed E-state index contributed by atoms with van der Waals surface area (Å²) in [5.74, 6) is 0.560. The molecule has 0 aromatic rings. The third-order valence-electron chi connectivity index (χ3n) is 2.87. The first-order valence-corrected chi connectivity index (χ1v) is 15.9. The molecule has 0 saturated heterocycles. The number of hydrogen-bond acceptors (Lipinski definition) is 1. The molecule has 0 amide bonds. The molecule has 1 aliphatic carbocycles. The van der Waals surface area contributed by atoms with Crippen molar-refractivity contribution in [1.29, 1.82) is 0 Å². The van der Waals surface area contributed by atoms with Gasteiger partial charge in [0.1, 0.15) is 0 Å². The van der Waals surface area contributed by atoms with Gasteiger partial charge in [0.05, 0.1) is 0 Å². The first-order chi connectivity index (χ1) is 8.69. The number of halogens is 2. The van der Waals surface area contributed by atoms with E-state index in [4.69, 9.17) is 10.2 Å². The van der Waals surface area contributed by atoms with Crippen LogP contribution in [0.1, 0.15) is 27.7 Å². The second-order valence-corrected chi connectivity index (χ2v) is 10.0. The van der Waals surface area contributed by atoms with Crippen LogP contribution in [0.5, 0.6) is 0 Å². The van der Waals surface area contributed by atoms with Crippen molar-refractivity contribution in [2.75, 3.05) is 13.2 Å². The zero-order valence-corrected chi connectivity index (χ0v) is 22.9. The minimum atomic E-state index is -1.30. The van der Waals surface area contributed by atoms with Crippen LogP contribution in [-0.4, -0.2) is 28.3 Å². The minimum absolute atomic E-state index is 0. The quantitative estimate of drug-likeness (QED) is 0.394. The normalized spacial score (nSPS) is 14.9. The van der Waals surface area contributed by atoms with Crippen LogP contribution in [0.4, 0.5) is 0 Å². The fourth-order valence-electron chi connectivity index (χ4n) is 1.52. The van der Waals surface area contributed by atoms with Gasteiger partial charge in [-0.3, -0.25) is 6.08 Å². The molecular formula is C16H37Cl2NOSi2Zr-4. The summed E-state index contributed by atoms with van der Waals surface area (Å²) >= 11 is 1.58. The molecular weight excluding hydrogens is 440 g/mol. The zero-order valence-electron chi connectivity index (χ0n) is 16.4. The molecule has 2 nitrogen and oxygen atoms in total. The topological polar surface area (TPSA) is 33.0 Å². The van der Waals surface area contributed by atoms with Gasteiger partial charge in [-0.1, -0.05) is 26.7 Å². The van der Waals surface area contributed by atoms with Gasteiger partial charge in [0.15, 0.2) is 8.32 Å². The van der Waals surface area contributed by atoms with Gasteiger partial charge in [-0.2, -0.15) is 11.1 Å². The van der Waals surface area contributed by atoms with Crippen molar-refractivity contribution in [3.63, 3.8) is 0 Å². The monoisotopic (exact) mass is 475 g/mol. The van der Waals surface area contributed by atoms with E-state index < -0.39 is 8.32 Å². The van der Waals surface area contributed by atoms with E-state index in [9.17, 15) is 0 Å². The molecule has 0 saturated carbocycles. The third-order valence-corrected chi connectivity index (χ3v) is 3.94. The summed E-state index contributed by atoms with van der Waals surface area (Å²) in [6.07, 6.45) is 3.36. The molecule has 0 fully saturated rings. The Morgan fingerprint density at radius 3 is 1.61 bits per heavy atom. The van der Waals surface area contributed by atoms with Crippen molar-refractivity contribution >= 4 is 40.0 Å². The average Bonchev–Trinajstić information content (AvgIpc) is 2.56.